The summed E-state index contributed by atoms with van der Waals surface area (Å²) >= 11 is 0. The lowest BCUT2D eigenvalue weighted by atomic mass is 10.0. The summed E-state index contributed by atoms with van der Waals surface area (Å²) in [5.74, 6) is 0.909. The summed E-state index contributed by atoms with van der Waals surface area (Å²) in [6.45, 7) is 0.306. The third kappa shape index (κ3) is 1.96. The molecule has 0 saturated carbocycles. The molecule has 1 amide bonds. The van der Waals surface area contributed by atoms with Crippen LogP contribution >= 0.6 is 0 Å². The number of rotatable bonds is 3. The molecule has 0 radical (unpaired) electrons. The highest BCUT2D eigenvalue weighted by Crippen LogP contribution is 2.38. The van der Waals surface area contributed by atoms with Crippen LogP contribution in [0.4, 0.5) is 0 Å². The molecule has 6 nitrogen and oxygen atoms in total. The summed E-state index contributed by atoms with van der Waals surface area (Å²) < 4.78 is 10.8. The predicted molar refractivity (Wildman–Crippen MR) is 65.7 cm³/mol. The molecule has 1 aromatic carbocycles. The normalized spacial score (nSPS) is 12.3. The van der Waals surface area contributed by atoms with E-state index in [0.717, 1.165) is 5.56 Å². The third-order valence-electron chi connectivity index (χ3n) is 2.90. The monoisotopic (exact) mass is 260 g/mol. The molecular weight excluding hydrogens is 248 g/mol. The molecular formula is C13H12N2O4. The Kier molecular flexibility index (Phi) is 2.92. The molecule has 2 aromatic rings. The summed E-state index contributed by atoms with van der Waals surface area (Å²) in [6.07, 6.45) is 0. The van der Waals surface area contributed by atoms with Crippen LogP contribution in [0.5, 0.6) is 5.75 Å². The van der Waals surface area contributed by atoms with Crippen LogP contribution in [-0.4, -0.2) is 29.3 Å². The maximum atomic E-state index is 11.8. The molecule has 0 atom stereocenters. The average Bonchev–Trinajstić information content (AvgIpc) is 2.89. The number of amides is 1. The lowest BCUT2D eigenvalue weighted by Crippen LogP contribution is -2.27. The highest BCUT2D eigenvalue weighted by atomic mass is 16.5. The molecule has 0 saturated heterocycles. The van der Waals surface area contributed by atoms with Gasteiger partial charge in [0.05, 0.1) is 17.7 Å². The Morgan fingerprint density at radius 1 is 1.42 bits per heavy atom. The maximum absolute atomic E-state index is 11.8. The van der Waals surface area contributed by atoms with Crippen molar-refractivity contribution < 1.29 is 19.2 Å². The number of carbonyl (C=O) groups is 1. The number of hydrogen-bond donors (Lipinski definition) is 2. The number of nitrogens with one attached hydrogen (secondary N) is 1. The lowest BCUT2D eigenvalue weighted by Gasteiger charge is -2.15. The zero-order valence-electron chi connectivity index (χ0n) is 10.0. The number of aliphatic hydroxyl groups is 1. The molecule has 19 heavy (non-hydrogen) atoms. The van der Waals surface area contributed by atoms with E-state index in [1.807, 2.05) is 24.3 Å². The Bertz CT molecular complexity index is 621. The number of hydrogen-bond acceptors (Lipinski definition) is 5. The van der Waals surface area contributed by atoms with Crippen LogP contribution in [0.1, 0.15) is 16.1 Å². The van der Waals surface area contributed by atoms with E-state index in [1.54, 1.807) is 0 Å². The van der Waals surface area contributed by atoms with Crippen molar-refractivity contribution in [2.75, 3.05) is 13.2 Å². The van der Waals surface area contributed by atoms with E-state index < -0.39 is 0 Å². The van der Waals surface area contributed by atoms with Crippen molar-refractivity contribution in [1.29, 1.82) is 0 Å². The van der Waals surface area contributed by atoms with Gasteiger partial charge >= 0.3 is 0 Å². The van der Waals surface area contributed by atoms with Gasteiger partial charge < -0.3 is 19.7 Å². The van der Waals surface area contributed by atoms with E-state index in [1.165, 1.54) is 0 Å². The molecule has 6 heteroatoms. The second-order valence-corrected chi connectivity index (χ2v) is 4.10. The minimum Gasteiger partial charge on any atom is -0.488 e. The van der Waals surface area contributed by atoms with Crippen molar-refractivity contribution in [3.05, 3.63) is 35.5 Å². The highest BCUT2D eigenvalue weighted by Gasteiger charge is 2.28. The van der Waals surface area contributed by atoms with Crippen molar-refractivity contribution in [2.45, 2.75) is 6.61 Å². The fraction of sp³-hybridized carbons (Fsp3) is 0.231. The summed E-state index contributed by atoms with van der Waals surface area (Å²) in [5.41, 5.74) is 1.63. The van der Waals surface area contributed by atoms with Crippen molar-refractivity contribution in [1.82, 2.24) is 10.5 Å². The predicted octanol–water partition coefficient (Wildman–Crippen LogP) is 0.956. The minimum absolute atomic E-state index is 0.120. The van der Waals surface area contributed by atoms with E-state index in [0.29, 0.717) is 17.1 Å². The number of nitrogens with zero attached hydrogens (tertiary/aromatic N) is 1. The van der Waals surface area contributed by atoms with Crippen molar-refractivity contribution in [3.8, 4) is 17.1 Å². The van der Waals surface area contributed by atoms with Crippen molar-refractivity contribution in [2.24, 2.45) is 0 Å². The van der Waals surface area contributed by atoms with E-state index in [-0.39, 0.29) is 31.4 Å². The number of ether oxygens (including phenoxy) is 1. The van der Waals surface area contributed by atoms with Gasteiger partial charge in [-0.15, -0.1) is 0 Å². The highest BCUT2D eigenvalue weighted by molar-refractivity contribution is 5.95. The molecule has 0 fully saturated rings. The zero-order valence-corrected chi connectivity index (χ0v) is 10.0. The van der Waals surface area contributed by atoms with Crippen LogP contribution in [0, 0.1) is 0 Å². The van der Waals surface area contributed by atoms with E-state index in [2.05, 4.69) is 10.5 Å². The fourth-order valence-corrected chi connectivity index (χ4v) is 2.02. The largest absolute Gasteiger partial charge is 0.488 e. The van der Waals surface area contributed by atoms with Gasteiger partial charge in [0.1, 0.15) is 12.4 Å². The Balaban J connectivity index is 1.97. The second kappa shape index (κ2) is 4.74. The molecule has 1 aliphatic rings. The van der Waals surface area contributed by atoms with Gasteiger partial charge in [-0.05, 0) is 12.1 Å². The Morgan fingerprint density at radius 2 is 2.26 bits per heavy atom. The molecule has 1 aliphatic heterocycles. The lowest BCUT2D eigenvalue weighted by molar-refractivity contribution is 0.0933. The van der Waals surface area contributed by atoms with E-state index in [4.69, 9.17) is 14.4 Å². The number of aliphatic hydroxyl groups excluding tert-OH is 1. The van der Waals surface area contributed by atoms with Gasteiger partial charge in [0.2, 0.25) is 0 Å². The van der Waals surface area contributed by atoms with Crippen LogP contribution in [0.25, 0.3) is 11.3 Å². The number of aromatic nitrogens is 1. The molecule has 98 valence electrons. The molecule has 0 unspecified atom stereocenters. The van der Waals surface area contributed by atoms with E-state index >= 15 is 0 Å². The van der Waals surface area contributed by atoms with Crippen LogP contribution in [0.3, 0.4) is 0 Å². The number of benzene rings is 1. The van der Waals surface area contributed by atoms with Crippen LogP contribution in [0.15, 0.2) is 28.8 Å². The standard InChI is InChI=1S/C13H12N2O4/c16-6-5-14-13(17)11-9-7-18-10-4-2-1-3-8(10)12(9)19-15-11/h1-4,16H,5-7H2,(H,14,17). The van der Waals surface area contributed by atoms with Gasteiger partial charge in [-0.1, -0.05) is 17.3 Å². The van der Waals surface area contributed by atoms with Crippen LogP contribution in [0.2, 0.25) is 0 Å². The molecule has 2 N–H and O–H groups in total. The second-order valence-electron chi connectivity index (χ2n) is 4.10. The Morgan fingerprint density at radius 3 is 3.11 bits per heavy atom. The first-order valence-corrected chi connectivity index (χ1v) is 5.91. The van der Waals surface area contributed by atoms with Gasteiger partial charge in [0.15, 0.2) is 11.5 Å². The van der Waals surface area contributed by atoms with Gasteiger partial charge in [0.25, 0.3) is 5.91 Å². The summed E-state index contributed by atoms with van der Waals surface area (Å²) in [6, 6.07) is 7.43. The molecule has 1 aromatic heterocycles. The van der Waals surface area contributed by atoms with Gasteiger partial charge in [-0.2, -0.15) is 0 Å². The molecule has 3 rings (SSSR count). The van der Waals surface area contributed by atoms with Crippen molar-refractivity contribution >= 4 is 5.91 Å². The maximum Gasteiger partial charge on any atom is 0.273 e. The van der Waals surface area contributed by atoms with Gasteiger partial charge in [-0.25, -0.2) is 0 Å². The Labute approximate surface area is 109 Å². The Hall–Kier alpha value is -2.34. The minimum atomic E-state index is -0.373. The zero-order chi connectivity index (χ0) is 13.2. The smallest absolute Gasteiger partial charge is 0.273 e. The topological polar surface area (TPSA) is 84.6 Å². The first-order chi connectivity index (χ1) is 9.31. The summed E-state index contributed by atoms with van der Waals surface area (Å²) in [4.78, 5) is 11.8. The van der Waals surface area contributed by atoms with E-state index in [9.17, 15) is 4.79 Å². The number of carbonyl (C=O) groups excluding carboxylic acids is 1. The summed E-state index contributed by atoms with van der Waals surface area (Å²) in [5, 5.41) is 15.0. The first kappa shape index (κ1) is 11.7. The molecule has 0 bridgehead atoms. The van der Waals surface area contributed by atoms with Gasteiger partial charge in [-0.3, -0.25) is 4.79 Å². The SMILES string of the molecule is O=C(NCCO)c1noc2c1COc1ccccc1-2. The molecule has 0 aliphatic carbocycles. The molecule has 0 spiro atoms. The molecule has 2 heterocycles. The van der Waals surface area contributed by atoms with Crippen molar-refractivity contribution in [3.63, 3.8) is 0 Å². The third-order valence-corrected chi connectivity index (χ3v) is 2.90. The van der Waals surface area contributed by atoms with Crippen LogP contribution < -0.4 is 10.1 Å². The fourth-order valence-electron chi connectivity index (χ4n) is 2.02. The number of para-hydroxylation sites is 1. The average molecular weight is 260 g/mol. The van der Waals surface area contributed by atoms with Gasteiger partial charge in [0, 0.05) is 6.54 Å². The van der Waals surface area contributed by atoms with Crippen LogP contribution in [-0.2, 0) is 6.61 Å². The number of fused-ring (bicyclic) bond motifs is 3. The quantitative estimate of drug-likeness (QED) is 0.858. The first-order valence-electron chi connectivity index (χ1n) is 5.91. The summed E-state index contributed by atoms with van der Waals surface area (Å²) in [7, 11) is 0.